The van der Waals surface area contributed by atoms with Gasteiger partial charge in [-0.2, -0.15) is 0 Å². The Labute approximate surface area is 133 Å². The smallest absolute Gasteiger partial charge is 0.234 e. The Balaban J connectivity index is 1.99. The Kier molecular flexibility index (Phi) is 5.15. The fraction of sp³-hybridized carbons (Fsp3) is 0.188. The Hall–Kier alpha value is -1.65. The van der Waals surface area contributed by atoms with Gasteiger partial charge in [-0.25, -0.2) is 0 Å². The number of halogens is 1. The van der Waals surface area contributed by atoms with E-state index in [0.29, 0.717) is 10.7 Å². The summed E-state index contributed by atoms with van der Waals surface area (Å²) in [5.41, 5.74) is 2.66. The van der Waals surface area contributed by atoms with Gasteiger partial charge in [0, 0.05) is 4.90 Å². The van der Waals surface area contributed by atoms with Gasteiger partial charge in [-0.1, -0.05) is 23.7 Å². The van der Waals surface area contributed by atoms with E-state index in [0.717, 1.165) is 16.0 Å². The van der Waals surface area contributed by atoms with E-state index in [4.69, 9.17) is 11.6 Å². The van der Waals surface area contributed by atoms with Crippen LogP contribution in [-0.4, -0.2) is 16.8 Å². The highest BCUT2D eigenvalue weighted by atomic mass is 35.5. The van der Waals surface area contributed by atoms with Crippen molar-refractivity contribution in [3.63, 3.8) is 0 Å². The van der Waals surface area contributed by atoms with Gasteiger partial charge in [0.05, 0.1) is 16.5 Å². The molecular weight excluding hydrogens is 306 g/mol. The molecule has 0 aromatic heterocycles. The second-order valence-corrected chi connectivity index (χ2v) is 6.23. The van der Waals surface area contributed by atoms with Gasteiger partial charge in [0.15, 0.2) is 0 Å². The van der Waals surface area contributed by atoms with Gasteiger partial charge in [0.25, 0.3) is 0 Å². The van der Waals surface area contributed by atoms with Crippen molar-refractivity contribution in [1.82, 2.24) is 0 Å². The number of phenols is 1. The summed E-state index contributed by atoms with van der Waals surface area (Å²) in [5, 5.41) is 12.8. The largest absolute Gasteiger partial charge is 0.508 e. The van der Waals surface area contributed by atoms with Crippen molar-refractivity contribution in [1.29, 1.82) is 0 Å². The minimum absolute atomic E-state index is 0.128. The van der Waals surface area contributed by atoms with Crippen LogP contribution in [0.15, 0.2) is 41.3 Å². The number of nitrogens with one attached hydrogen (secondary N) is 1. The number of amides is 1. The topological polar surface area (TPSA) is 49.3 Å². The van der Waals surface area contributed by atoms with Crippen LogP contribution >= 0.6 is 23.4 Å². The molecule has 110 valence electrons. The van der Waals surface area contributed by atoms with Gasteiger partial charge < -0.3 is 10.4 Å². The summed E-state index contributed by atoms with van der Waals surface area (Å²) in [7, 11) is 0. The average Bonchev–Trinajstić information content (AvgIpc) is 2.40. The Morgan fingerprint density at radius 2 is 2.05 bits per heavy atom. The molecule has 3 nitrogen and oxygen atoms in total. The molecule has 2 aromatic carbocycles. The van der Waals surface area contributed by atoms with E-state index < -0.39 is 0 Å². The molecule has 5 heteroatoms. The van der Waals surface area contributed by atoms with Crippen molar-refractivity contribution in [3.8, 4) is 5.75 Å². The molecular formula is C16H16ClNO2S. The molecule has 0 bridgehead atoms. The molecule has 0 fully saturated rings. The fourth-order valence-electron chi connectivity index (χ4n) is 1.97. The van der Waals surface area contributed by atoms with Crippen molar-refractivity contribution in [3.05, 3.63) is 52.5 Å². The van der Waals surface area contributed by atoms with E-state index in [1.165, 1.54) is 11.8 Å². The summed E-state index contributed by atoms with van der Waals surface area (Å²) in [4.78, 5) is 12.9. The lowest BCUT2D eigenvalue weighted by atomic mass is 10.1. The number of benzene rings is 2. The molecule has 0 saturated carbocycles. The maximum absolute atomic E-state index is 12.0. The lowest BCUT2D eigenvalue weighted by Gasteiger charge is -2.11. The highest BCUT2D eigenvalue weighted by Gasteiger charge is 2.10. The molecule has 1 amide bonds. The van der Waals surface area contributed by atoms with Crippen molar-refractivity contribution in [2.24, 2.45) is 0 Å². The fourth-order valence-corrected chi connectivity index (χ4v) is 3.09. The maximum Gasteiger partial charge on any atom is 0.234 e. The van der Waals surface area contributed by atoms with E-state index in [9.17, 15) is 9.90 Å². The predicted octanol–water partition coefficient (Wildman–Crippen LogP) is 4.39. The van der Waals surface area contributed by atoms with E-state index in [1.807, 2.05) is 32.0 Å². The highest BCUT2D eigenvalue weighted by molar-refractivity contribution is 8.00. The number of phenolic OH excluding ortho intramolecular Hbond substituents is 1. The van der Waals surface area contributed by atoms with Crippen molar-refractivity contribution < 1.29 is 9.90 Å². The Morgan fingerprint density at radius 1 is 1.29 bits per heavy atom. The average molecular weight is 322 g/mol. The summed E-state index contributed by atoms with van der Waals surface area (Å²) in [6.07, 6.45) is 0. The van der Waals surface area contributed by atoms with Crippen molar-refractivity contribution >= 4 is 35.0 Å². The van der Waals surface area contributed by atoms with Gasteiger partial charge in [-0.15, -0.1) is 11.8 Å². The van der Waals surface area contributed by atoms with Gasteiger partial charge in [-0.3, -0.25) is 4.79 Å². The number of rotatable bonds is 4. The summed E-state index contributed by atoms with van der Waals surface area (Å²) in [5.74, 6) is 0.322. The summed E-state index contributed by atoms with van der Waals surface area (Å²) < 4.78 is 0. The number of aryl methyl sites for hydroxylation is 2. The van der Waals surface area contributed by atoms with Crippen LogP contribution in [0.1, 0.15) is 11.1 Å². The molecule has 2 rings (SSSR count). The second-order valence-electron chi connectivity index (χ2n) is 4.77. The molecule has 0 radical (unpaired) electrons. The maximum atomic E-state index is 12.0. The molecule has 0 spiro atoms. The second kappa shape index (κ2) is 6.87. The standard InChI is InChI=1S/C16H16ClNO2S/c1-10-6-11(2)16(14(17)7-10)18-15(20)9-21-13-5-3-4-12(19)8-13/h3-8,19H,9H2,1-2H3,(H,18,20). The first-order valence-corrected chi connectivity index (χ1v) is 7.80. The predicted molar refractivity (Wildman–Crippen MR) is 88.4 cm³/mol. The van der Waals surface area contributed by atoms with Crippen LogP contribution in [0.4, 0.5) is 5.69 Å². The van der Waals surface area contributed by atoms with E-state index in [2.05, 4.69) is 5.32 Å². The van der Waals surface area contributed by atoms with Crippen LogP contribution in [0.3, 0.4) is 0 Å². The first kappa shape index (κ1) is 15.7. The zero-order chi connectivity index (χ0) is 15.4. The first-order valence-electron chi connectivity index (χ1n) is 6.44. The van der Waals surface area contributed by atoms with Crippen LogP contribution in [0, 0.1) is 13.8 Å². The van der Waals surface area contributed by atoms with E-state index >= 15 is 0 Å². The third-order valence-corrected chi connectivity index (χ3v) is 4.18. The van der Waals surface area contributed by atoms with Gasteiger partial charge >= 0.3 is 0 Å². The minimum Gasteiger partial charge on any atom is -0.508 e. The number of anilines is 1. The molecule has 0 atom stereocenters. The van der Waals surface area contributed by atoms with Gasteiger partial charge in [0.1, 0.15) is 5.75 Å². The van der Waals surface area contributed by atoms with Crippen LogP contribution in [-0.2, 0) is 4.79 Å². The van der Waals surface area contributed by atoms with Gasteiger partial charge in [-0.05, 0) is 49.2 Å². The third kappa shape index (κ3) is 4.41. The third-order valence-electron chi connectivity index (χ3n) is 2.88. The van der Waals surface area contributed by atoms with E-state index in [1.54, 1.807) is 18.2 Å². The summed E-state index contributed by atoms with van der Waals surface area (Å²) in [6.45, 7) is 3.87. The highest BCUT2D eigenvalue weighted by Crippen LogP contribution is 2.28. The van der Waals surface area contributed by atoms with Crippen LogP contribution in [0.25, 0.3) is 0 Å². The molecule has 2 N–H and O–H groups in total. The lowest BCUT2D eigenvalue weighted by Crippen LogP contribution is -2.15. The van der Waals surface area contributed by atoms with Gasteiger partial charge in [0.2, 0.25) is 5.91 Å². The van der Waals surface area contributed by atoms with E-state index in [-0.39, 0.29) is 17.4 Å². The molecule has 0 heterocycles. The van der Waals surface area contributed by atoms with Crippen molar-refractivity contribution in [2.45, 2.75) is 18.7 Å². The molecule has 2 aromatic rings. The van der Waals surface area contributed by atoms with Crippen LogP contribution in [0.5, 0.6) is 5.75 Å². The molecule has 0 unspecified atom stereocenters. The zero-order valence-electron chi connectivity index (χ0n) is 11.8. The summed E-state index contributed by atoms with van der Waals surface area (Å²) in [6, 6.07) is 10.6. The molecule has 0 aliphatic carbocycles. The number of hydrogen-bond donors (Lipinski definition) is 2. The zero-order valence-corrected chi connectivity index (χ0v) is 13.4. The number of carbonyl (C=O) groups is 1. The monoisotopic (exact) mass is 321 g/mol. The number of hydrogen-bond acceptors (Lipinski definition) is 3. The van der Waals surface area contributed by atoms with Crippen LogP contribution < -0.4 is 5.32 Å². The first-order chi connectivity index (χ1) is 9.95. The number of thioether (sulfide) groups is 1. The molecule has 0 aliphatic heterocycles. The number of carbonyl (C=O) groups excluding carboxylic acids is 1. The lowest BCUT2D eigenvalue weighted by molar-refractivity contribution is -0.113. The SMILES string of the molecule is Cc1cc(C)c(NC(=O)CSc2cccc(O)c2)c(Cl)c1. The Morgan fingerprint density at radius 3 is 2.71 bits per heavy atom. The van der Waals surface area contributed by atoms with Crippen LogP contribution in [0.2, 0.25) is 5.02 Å². The summed E-state index contributed by atoms with van der Waals surface area (Å²) >= 11 is 7.52. The normalized spacial score (nSPS) is 10.4. The molecule has 21 heavy (non-hydrogen) atoms. The van der Waals surface area contributed by atoms with Crippen molar-refractivity contribution in [2.75, 3.05) is 11.1 Å². The minimum atomic E-state index is -0.128. The molecule has 0 saturated heterocycles. The Bertz CT molecular complexity index is 650. The quantitative estimate of drug-likeness (QED) is 0.821. The molecule has 0 aliphatic rings. The number of aromatic hydroxyl groups is 1.